The Labute approximate surface area is 137 Å². The van der Waals surface area contributed by atoms with Gasteiger partial charge in [-0.05, 0) is 29.7 Å². The van der Waals surface area contributed by atoms with E-state index in [0.29, 0.717) is 18.5 Å². The zero-order chi connectivity index (χ0) is 16.7. The molecular weight excluding hydrogens is 288 g/mol. The van der Waals surface area contributed by atoms with Gasteiger partial charge >= 0.3 is 0 Å². The van der Waals surface area contributed by atoms with Crippen LogP contribution in [0, 0.1) is 0 Å². The average molecular weight is 310 g/mol. The van der Waals surface area contributed by atoms with Gasteiger partial charge in [0, 0.05) is 32.6 Å². The van der Waals surface area contributed by atoms with Crippen LogP contribution in [0.3, 0.4) is 0 Å². The molecule has 0 unspecified atom stereocenters. The van der Waals surface area contributed by atoms with E-state index in [1.54, 1.807) is 31.1 Å². The van der Waals surface area contributed by atoms with Crippen molar-refractivity contribution >= 4 is 11.8 Å². The Balaban J connectivity index is 1.86. The summed E-state index contributed by atoms with van der Waals surface area (Å²) in [5, 5.41) is 2.59. The maximum Gasteiger partial charge on any atom is 0.251 e. The van der Waals surface area contributed by atoms with E-state index in [-0.39, 0.29) is 11.8 Å². The first-order valence-corrected chi connectivity index (χ1v) is 7.69. The largest absolute Gasteiger partial charge is 0.355 e. The lowest BCUT2D eigenvalue weighted by molar-refractivity contribution is -0.130. The molecule has 4 heteroatoms. The number of aryl methyl sites for hydroxylation is 1. The van der Waals surface area contributed by atoms with Gasteiger partial charge in [0.2, 0.25) is 5.91 Å². The van der Waals surface area contributed by atoms with Crippen molar-refractivity contribution in [3.63, 3.8) is 0 Å². The van der Waals surface area contributed by atoms with Crippen LogP contribution in [0.25, 0.3) is 0 Å². The van der Waals surface area contributed by atoms with E-state index >= 15 is 0 Å². The monoisotopic (exact) mass is 310 g/mol. The highest BCUT2D eigenvalue weighted by molar-refractivity contribution is 5.93. The second kappa shape index (κ2) is 8.13. The first kappa shape index (κ1) is 16.7. The minimum Gasteiger partial charge on any atom is -0.355 e. The third-order valence-corrected chi connectivity index (χ3v) is 3.76. The summed E-state index contributed by atoms with van der Waals surface area (Å²) in [5.41, 5.74) is 2.80. The lowest BCUT2D eigenvalue weighted by Gasteiger charge is -2.17. The summed E-state index contributed by atoms with van der Waals surface area (Å²) in [7, 11) is 3.41. The van der Waals surface area contributed by atoms with E-state index in [0.717, 1.165) is 12.0 Å². The van der Waals surface area contributed by atoms with E-state index in [4.69, 9.17) is 0 Å². The fourth-order valence-electron chi connectivity index (χ4n) is 2.35. The number of nitrogens with zero attached hydrogens (tertiary/aromatic N) is 1. The first-order chi connectivity index (χ1) is 11.1. The molecule has 0 bridgehead atoms. The number of carbonyl (C=O) groups is 2. The number of nitrogens with one attached hydrogen (secondary N) is 1. The van der Waals surface area contributed by atoms with E-state index < -0.39 is 0 Å². The Kier molecular flexibility index (Phi) is 5.92. The van der Waals surface area contributed by atoms with Crippen LogP contribution in [0.4, 0.5) is 0 Å². The van der Waals surface area contributed by atoms with Crippen LogP contribution >= 0.6 is 0 Å². The van der Waals surface area contributed by atoms with Crippen molar-refractivity contribution in [3.05, 3.63) is 71.3 Å². The summed E-state index contributed by atoms with van der Waals surface area (Å²) < 4.78 is 0. The van der Waals surface area contributed by atoms with E-state index in [1.165, 1.54) is 5.56 Å². The fourth-order valence-corrected chi connectivity index (χ4v) is 2.35. The molecule has 2 aromatic carbocycles. The number of rotatable bonds is 6. The van der Waals surface area contributed by atoms with Crippen LogP contribution < -0.4 is 5.32 Å². The van der Waals surface area contributed by atoms with Gasteiger partial charge in [-0.1, -0.05) is 42.5 Å². The van der Waals surface area contributed by atoms with Crippen LogP contribution in [0.1, 0.15) is 27.9 Å². The molecule has 0 atom stereocenters. The molecule has 0 aromatic heterocycles. The smallest absolute Gasteiger partial charge is 0.251 e. The Morgan fingerprint density at radius 1 is 0.957 bits per heavy atom. The van der Waals surface area contributed by atoms with Crippen molar-refractivity contribution in [1.82, 2.24) is 10.2 Å². The molecule has 4 nitrogen and oxygen atoms in total. The second-order valence-corrected chi connectivity index (χ2v) is 5.51. The van der Waals surface area contributed by atoms with Gasteiger partial charge in [-0.2, -0.15) is 0 Å². The highest BCUT2D eigenvalue weighted by atomic mass is 16.2. The molecule has 0 aliphatic rings. The van der Waals surface area contributed by atoms with Gasteiger partial charge in [0.25, 0.3) is 5.91 Å². The van der Waals surface area contributed by atoms with E-state index in [9.17, 15) is 9.59 Å². The van der Waals surface area contributed by atoms with Crippen LogP contribution in [0.15, 0.2) is 54.6 Å². The van der Waals surface area contributed by atoms with E-state index in [1.807, 2.05) is 42.5 Å². The molecule has 1 N–H and O–H groups in total. The molecule has 23 heavy (non-hydrogen) atoms. The molecule has 120 valence electrons. The molecule has 2 aromatic rings. The lowest BCUT2D eigenvalue weighted by atomic mass is 10.1. The van der Waals surface area contributed by atoms with Gasteiger partial charge < -0.3 is 10.2 Å². The van der Waals surface area contributed by atoms with Gasteiger partial charge in [-0.15, -0.1) is 0 Å². The van der Waals surface area contributed by atoms with Crippen molar-refractivity contribution < 1.29 is 9.59 Å². The summed E-state index contributed by atoms with van der Waals surface area (Å²) in [5.74, 6) is 0.00747. The number of amides is 2. The minimum absolute atomic E-state index is 0.108. The van der Waals surface area contributed by atoms with Crippen LogP contribution in [0.5, 0.6) is 0 Å². The molecule has 0 aliphatic carbocycles. The van der Waals surface area contributed by atoms with Gasteiger partial charge in [0.15, 0.2) is 0 Å². The van der Waals surface area contributed by atoms with Gasteiger partial charge in [0.1, 0.15) is 0 Å². The van der Waals surface area contributed by atoms with Crippen molar-refractivity contribution in [2.24, 2.45) is 0 Å². The molecular formula is C19H22N2O2. The summed E-state index contributed by atoms with van der Waals surface area (Å²) in [4.78, 5) is 25.4. The number of benzene rings is 2. The van der Waals surface area contributed by atoms with Crippen molar-refractivity contribution in [1.29, 1.82) is 0 Å². The van der Waals surface area contributed by atoms with Gasteiger partial charge in [-0.3, -0.25) is 9.59 Å². The summed E-state index contributed by atoms with van der Waals surface area (Å²) in [6, 6.07) is 17.3. The highest BCUT2D eigenvalue weighted by Gasteiger charge is 2.10. The first-order valence-electron chi connectivity index (χ1n) is 7.69. The van der Waals surface area contributed by atoms with Gasteiger partial charge in [-0.25, -0.2) is 0 Å². The number of carbonyl (C=O) groups excluding carboxylic acids is 2. The minimum atomic E-state index is -0.108. The SMILES string of the molecule is CNC(=O)c1ccc(CN(C)C(=O)CCc2ccccc2)cc1. The third kappa shape index (κ3) is 4.95. The number of hydrogen-bond donors (Lipinski definition) is 1. The zero-order valence-electron chi connectivity index (χ0n) is 13.6. The molecule has 0 aliphatic heterocycles. The van der Waals surface area contributed by atoms with Crippen molar-refractivity contribution in [2.45, 2.75) is 19.4 Å². The van der Waals surface area contributed by atoms with Crippen molar-refractivity contribution in [2.75, 3.05) is 14.1 Å². The molecule has 0 saturated heterocycles. The molecule has 0 fully saturated rings. The second-order valence-electron chi connectivity index (χ2n) is 5.51. The maximum atomic E-state index is 12.2. The lowest BCUT2D eigenvalue weighted by Crippen LogP contribution is -2.26. The normalized spacial score (nSPS) is 10.2. The Morgan fingerprint density at radius 3 is 2.22 bits per heavy atom. The topological polar surface area (TPSA) is 49.4 Å². The molecule has 2 rings (SSSR count). The quantitative estimate of drug-likeness (QED) is 0.891. The van der Waals surface area contributed by atoms with Crippen molar-refractivity contribution in [3.8, 4) is 0 Å². The van der Waals surface area contributed by atoms with E-state index in [2.05, 4.69) is 5.32 Å². The summed E-state index contributed by atoms with van der Waals surface area (Å²) in [6.45, 7) is 0.543. The third-order valence-electron chi connectivity index (χ3n) is 3.76. The summed E-state index contributed by atoms with van der Waals surface area (Å²) in [6.07, 6.45) is 1.25. The van der Waals surface area contributed by atoms with Crippen LogP contribution in [-0.4, -0.2) is 30.8 Å². The predicted molar refractivity (Wildman–Crippen MR) is 91.1 cm³/mol. The standard InChI is InChI=1S/C19H22N2O2/c1-20-19(23)17-11-8-16(9-12-17)14-21(2)18(22)13-10-15-6-4-3-5-7-15/h3-9,11-12H,10,13-14H2,1-2H3,(H,20,23). The molecule has 0 radical (unpaired) electrons. The predicted octanol–water partition coefficient (Wildman–Crippen LogP) is 2.64. The molecule has 0 saturated carbocycles. The highest BCUT2D eigenvalue weighted by Crippen LogP contribution is 2.09. The summed E-state index contributed by atoms with van der Waals surface area (Å²) >= 11 is 0. The zero-order valence-corrected chi connectivity index (χ0v) is 13.6. The average Bonchev–Trinajstić information content (AvgIpc) is 2.60. The fraction of sp³-hybridized carbons (Fsp3) is 0.263. The number of hydrogen-bond acceptors (Lipinski definition) is 2. The van der Waals surface area contributed by atoms with Gasteiger partial charge in [0.05, 0.1) is 0 Å². The Morgan fingerprint density at radius 2 is 1.61 bits per heavy atom. The van der Waals surface area contributed by atoms with Crippen LogP contribution in [-0.2, 0) is 17.8 Å². The molecule has 2 amide bonds. The molecule has 0 heterocycles. The maximum absolute atomic E-state index is 12.2. The Bertz CT molecular complexity index is 651. The Hall–Kier alpha value is -2.62. The van der Waals surface area contributed by atoms with Crippen LogP contribution in [0.2, 0.25) is 0 Å². The molecule has 0 spiro atoms.